The van der Waals surface area contributed by atoms with E-state index in [9.17, 15) is 4.39 Å². The fourth-order valence-corrected chi connectivity index (χ4v) is 1.30. The fourth-order valence-electron chi connectivity index (χ4n) is 0.791. The number of nitrogens with two attached hydrogens (primary N) is 1. The molecule has 0 unspecified atom stereocenters. The molecule has 0 saturated heterocycles. The summed E-state index contributed by atoms with van der Waals surface area (Å²) in [5, 5.41) is 0. The Kier molecular flexibility index (Phi) is 2.99. The van der Waals surface area contributed by atoms with Crippen molar-refractivity contribution in [2.45, 2.75) is 6.61 Å². The number of hydrogen-bond acceptors (Lipinski definition) is 2. The Morgan fingerprint density at radius 2 is 2.18 bits per heavy atom. The van der Waals surface area contributed by atoms with Crippen molar-refractivity contribution in [2.75, 3.05) is 0 Å². The quantitative estimate of drug-likeness (QED) is 0.773. The lowest BCUT2D eigenvalue weighted by atomic mass is 10.2. The van der Waals surface area contributed by atoms with E-state index in [1.165, 1.54) is 12.1 Å². The number of rotatable bonds is 2. The first-order chi connectivity index (χ1) is 5.22. The Morgan fingerprint density at radius 3 is 2.73 bits per heavy atom. The van der Waals surface area contributed by atoms with Gasteiger partial charge in [0, 0.05) is 4.47 Å². The van der Waals surface area contributed by atoms with Gasteiger partial charge in [0.25, 0.3) is 0 Å². The van der Waals surface area contributed by atoms with Gasteiger partial charge >= 0.3 is 0 Å². The molecule has 0 aliphatic heterocycles. The van der Waals surface area contributed by atoms with Gasteiger partial charge < -0.3 is 0 Å². The lowest BCUT2D eigenvalue weighted by Gasteiger charge is -1.99. The van der Waals surface area contributed by atoms with Gasteiger partial charge in [-0.3, -0.25) is 4.84 Å². The van der Waals surface area contributed by atoms with Gasteiger partial charge in [-0.2, -0.15) is 0 Å². The zero-order valence-electron chi connectivity index (χ0n) is 5.68. The minimum atomic E-state index is -0.300. The van der Waals surface area contributed by atoms with Crippen molar-refractivity contribution in [1.82, 2.24) is 0 Å². The minimum absolute atomic E-state index is 0.219. The zero-order valence-corrected chi connectivity index (χ0v) is 7.27. The van der Waals surface area contributed by atoms with Gasteiger partial charge in [-0.15, -0.1) is 0 Å². The van der Waals surface area contributed by atoms with Crippen LogP contribution >= 0.6 is 15.9 Å². The van der Waals surface area contributed by atoms with Crippen molar-refractivity contribution in [3.63, 3.8) is 0 Å². The van der Waals surface area contributed by atoms with Crippen LogP contribution < -0.4 is 5.90 Å². The molecule has 0 aromatic heterocycles. The first-order valence-corrected chi connectivity index (χ1v) is 3.78. The molecule has 0 fully saturated rings. The maximum absolute atomic E-state index is 12.6. The highest BCUT2D eigenvalue weighted by molar-refractivity contribution is 9.10. The Morgan fingerprint density at radius 1 is 1.45 bits per heavy atom. The third kappa shape index (κ3) is 2.57. The van der Waals surface area contributed by atoms with Gasteiger partial charge in [-0.1, -0.05) is 15.9 Å². The second-order valence-corrected chi connectivity index (χ2v) is 3.00. The number of halogens is 2. The van der Waals surface area contributed by atoms with Crippen LogP contribution in [0.2, 0.25) is 0 Å². The third-order valence-corrected chi connectivity index (χ3v) is 1.63. The van der Waals surface area contributed by atoms with E-state index >= 15 is 0 Å². The molecule has 1 aromatic rings. The van der Waals surface area contributed by atoms with Crippen LogP contribution in [0.3, 0.4) is 0 Å². The van der Waals surface area contributed by atoms with E-state index in [1.807, 2.05) is 0 Å². The molecule has 0 bridgehead atoms. The van der Waals surface area contributed by atoms with E-state index in [-0.39, 0.29) is 12.4 Å². The normalized spacial score (nSPS) is 10.1. The van der Waals surface area contributed by atoms with Crippen molar-refractivity contribution in [3.05, 3.63) is 34.1 Å². The molecule has 2 N–H and O–H groups in total. The van der Waals surface area contributed by atoms with Crippen LogP contribution in [0.15, 0.2) is 22.7 Å². The highest BCUT2D eigenvalue weighted by Crippen LogP contribution is 2.14. The molecule has 1 aromatic carbocycles. The molecule has 60 valence electrons. The molecule has 4 heteroatoms. The summed E-state index contributed by atoms with van der Waals surface area (Å²) in [5.74, 6) is 4.52. The Labute approximate surface area is 72.2 Å². The van der Waals surface area contributed by atoms with E-state index in [0.29, 0.717) is 10.0 Å². The van der Waals surface area contributed by atoms with Crippen LogP contribution in [-0.4, -0.2) is 0 Å². The Bertz CT molecular complexity index is 234. The lowest BCUT2D eigenvalue weighted by molar-refractivity contribution is 0.124. The molecule has 1 rings (SSSR count). The second-order valence-electron chi connectivity index (χ2n) is 2.09. The maximum atomic E-state index is 12.6. The van der Waals surface area contributed by atoms with Crippen molar-refractivity contribution in [3.8, 4) is 0 Å². The smallest absolute Gasteiger partial charge is 0.124 e. The second kappa shape index (κ2) is 3.80. The summed E-state index contributed by atoms with van der Waals surface area (Å²) in [5.41, 5.74) is 0.708. The topological polar surface area (TPSA) is 35.2 Å². The molecule has 0 amide bonds. The Balaban J connectivity index is 2.89. The summed E-state index contributed by atoms with van der Waals surface area (Å²) in [7, 11) is 0. The highest BCUT2D eigenvalue weighted by Gasteiger charge is 1.97. The maximum Gasteiger partial charge on any atom is 0.124 e. The van der Waals surface area contributed by atoms with Crippen molar-refractivity contribution < 1.29 is 9.23 Å². The largest absolute Gasteiger partial charge is 0.300 e. The van der Waals surface area contributed by atoms with Crippen LogP contribution in [0.1, 0.15) is 5.56 Å². The molecule has 0 aliphatic rings. The average molecular weight is 220 g/mol. The van der Waals surface area contributed by atoms with E-state index in [0.717, 1.165) is 0 Å². The van der Waals surface area contributed by atoms with E-state index < -0.39 is 0 Å². The first kappa shape index (κ1) is 8.64. The molecule has 0 radical (unpaired) electrons. The third-order valence-electron chi connectivity index (χ3n) is 1.17. The number of hydrogen-bond donors (Lipinski definition) is 1. The summed E-state index contributed by atoms with van der Waals surface area (Å²) >= 11 is 3.15. The molecule has 0 heterocycles. The summed E-state index contributed by atoms with van der Waals surface area (Å²) < 4.78 is 13.3. The molecule has 0 aliphatic carbocycles. The van der Waals surface area contributed by atoms with Crippen molar-refractivity contribution >= 4 is 15.9 Å². The zero-order chi connectivity index (χ0) is 8.27. The van der Waals surface area contributed by atoms with Crippen molar-refractivity contribution in [2.24, 2.45) is 5.90 Å². The minimum Gasteiger partial charge on any atom is -0.300 e. The summed E-state index contributed by atoms with van der Waals surface area (Å²) in [4.78, 5) is 4.35. The molecule has 2 nitrogen and oxygen atoms in total. The van der Waals surface area contributed by atoms with Crippen LogP contribution in [0.5, 0.6) is 0 Å². The van der Waals surface area contributed by atoms with Crippen LogP contribution in [0.4, 0.5) is 4.39 Å². The predicted molar refractivity (Wildman–Crippen MR) is 43.1 cm³/mol. The van der Waals surface area contributed by atoms with Gasteiger partial charge in [0.2, 0.25) is 0 Å². The lowest BCUT2D eigenvalue weighted by Crippen LogP contribution is -1.99. The van der Waals surface area contributed by atoms with Gasteiger partial charge in [0.15, 0.2) is 0 Å². The van der Waals surface area contributed by atoms with E-state index in [4.69, 9.17) is 5.90 Å². The van der Waals surface area contributed by atoms with Gasteiger partial charge in [-0.05, 0) is 23.8 Å². The molecular weight excluding hydrogens is 213 g/mol. The average Bonchev–Trinajstić information content (AvgIpc) is 1.85. The van der Waals surface area contributed by atoms with E-state index in [2.05, 4.69) is 20.8 Å². The summed E-state index contributed by atoms with van der Waals surface area (Å²) in [6.07, 6.45) is 0. The van der Waals surface area contributed by atoms with E-state index in [1.54, 1.807) is 6.07 Å². The van der Waals surface area contributed by atoms with Gasteiger partial charge in [0.05, 0.1) is 6.61 Å². The number of benzene rings is 1. The monoisotopic (exact) mass is 219 g/mol. The summed E-state index contributed by atoms with van der Waals surface area (Å²) in [6.45, 7) is 0.219. The standard InChI is InChI=1S/C7H7BrFNO/c8-6-1-5(4-11-10)2-7(9)3-6/h1-3H,4,10H2. The molecule has 0 saturated carbocycles. The van der Waals surface area contributed by atoms with Crippen molar-refractivity contribution in [1.29, 1.82) is 0 Å². The molecule has 0 atom stereocenters. The van der Waals surface area contributed by atoms with Gasteiger partial charge in [0.1, 0.15) is 5.82 Å². The molecular formula is C7H7BrFNO. The van der Waals surface area contributed by atoms with Crippen LogP contribution in [-0.2, 0) is 11.4 Å². The fraction of sp³-hybridized carbons (Fsp3) is 0.143. The van der Waals surface area contributed by atoms with Crippen LogP contribution in [0.25, 0.3) is 0 Å². The van der Waals surface area contributed by atoms with Crippen LogP contribution in [0, 0.1) is 5.82 Å². The Hall–Kier alpha value is -0.450. The first-order valence-electron chi connectivity index (χ1n) is 2.99. The molecule has 0 spiro atoms. The summed E-state index contributed by atoms with van der Waals surface area (Å²) in [6, 6.07) is 4.49. The SMILES string of the molecule is NOCc1cc(F)cc(Br)c1. The molecule has 11 heavy (non-hydrogen) atoms. The highest BCUT2D eigenvalue weighted by atomic mass is 79.9. The van der Waals surface area contributed by atoms with Gasteiger partial charge in [-0.25, -0.2) is 10.3 Å². The predicted octanol–water partition coefficient (Wildman–Crippen LogP) is 1.98.